The molecule has 8 heteroatoms. The third-order valence-electron chi connectivity index (χ3n) is 4.33. The van der Waals surface area contributed by atoms with Crippen LogP contribution in [0.1, 0.15) is 32.0 Å². The Hall–Kier alpha value is -1.70. The van der Waals surface area contributed by atoms with Gasteiger partial charge in [-0.2, -0.15) is 9.76 Å². The summed E-state index contributed by atoms with van der Waals surface area (Å²) in [6, 6.07) is 12.7. The summed E-state index contributed by atoms with van der Waals surface area (Å²) in [6.07, 6.45) is 0. The van der Waals surface area contributed by atoms with E-state index in [2.05, 4.69) is 26.3 Å². The molecule has 29 heavy (non-hydrogen) atoms. The average Bonchev–Trinajstić information content (AvgIpc) is 2.68. The number of halogens is 2. The minimum Gasteiger partial charge on any atom is -0.493 e. The Morgan fingerprint density at radius 3 is 2.41 bits per heavy atom. The number of ether oxygens (including phenoxy) is 1. The lowest BCUT2D eigenvalue weighted by atomic mass is 9.91. The minimum atomic E-state index is -1.85. The van der Waals surface area contributed by atoms with Gasteiger partial charge in [-0.3, -0.25) is 0 Å². The third kappa shape index (κ3) is 5.08. The summed E-state index contributed by atoms with van der Waals surface area (Å²) in [6.45, 7) is 6.57. The van der Waals surface area contributed by atoms with Gasteiger partial charge in [0.05, 0.1) is 12.1 Å². The second kappa shape index (κ2) is 8.98. The van der Waals surface area contributed by atoms with E-state index in [1.807, 2.05) is 24.3 Å². The van der Waals surface area contributed by atoms with Gasteiger partial charge in [-0.1, -0.05) is 56.1 Å². The summed E-state index contributed by atoms with van der Waals surface area (Å²) in [5.74, 6) is 0.377. The van der Waals surface area contributed by atoms with Crippen LogP contribution in [0, 0.1) is 0 Å². The molecule has 3 aromatic rings. The zero-order valence-corrected chi connectivity index (χ0v) is 18.9. The molecule has 1 N–H and O–H groups in total. The summed E-state index contributed by atoms with van der Waals surface area (Å²) in [5.41, 5.74) is 4.92. The molecule has 2 aromatic carbocycles. The largest absolute Gasteiger partial charge is 0.493 e. The number of methoxy groups -OCH3 is 1. The Kier molecular flexibility index (Phi) is 6.81. The van der Waals surface area contributed by atoms with Crippen LogP contribution < -0.4 is 10.2 Å². The second-order valence-electron chi connectivity index (χ2n) is 7.50. The van der Waals surface area contributed by atoms with Gasteiger partial charge in [0.1, 0.15) is 10.4 Å². The van der Waals surface area contributed by atoms with Gasteiger partial charge in [0, 0.05) is 28.1 Å². The van der Waals surface area contributed by atoms with Crippen LogP contribution in [-0.2, 0) is 27.3 Å². The molecule has 0 radical (unpaired) electrons. The van der Waals surface area contributed by atoms with E-state index in [4.69, 9.17) is 37.2 Å². The molecular formula is C21H22Cl2N2O3S. The molecule has 1 unspecified atom stereocenters. The van der Waals surface area contributed by atoms with E-state index in [-0.39, 0.29) is 5.41 Å². The van der Waals surface area contributed by atoms with Crippen LogP contribution >= 0.6 is 23.2 Å². The smallest absolute Gasteiger partial charge is 0.210 e. The summed E-state index contributed by atoms with van der Waals surface area (Å²) in [7, 11) is 1.51. The molecule has 0 aliphatic carbocycles. The number of rotatable bonds is 6. The quantitative estimate of drug-likeness (QED) is 0.493. The predicted molar refractivity (Wildman–Crippen MR) is 118 cm³/mol. The monoisotopic (exact) mass is 452 g/mol. The fraction of sp³-hybridized carbons (Fsp3) is 0.286. The van der Waals surface area contributed by atoms with Gasteiger partial charge in [0.25, 0.3) is 0 Å². The molecule has 1 atom stereocenters. The summed E-state index contributed by atoms with van der Waals surface area (Å²) >= 11 is 10.5. The van der Waals surface area contributed by atoms with Crippen molar-refractivity contribution in [2.24, 2.45) is 0 Å². The first-order valence-electron chi connectivity index (χ1n) is 8.95. The molecule has 5 nitrogen and oxygen atoms in total. The van der Waals surface area contributed by atoms with Crippen molar-refractivity contribution in [3.63, 3.8) is 0 Å². The molecule has 0 saturated carbocycles. The predicted octanol–water partition coefficient (Wildman–Crippen LogP) is 5.59. The Labute approximate surface area is 183 Å². The van der Waals surface area contributed by atoms with E-state index in [0.717, 1.165) is 16.6 Å². The molecule has 0 spiro atoms. The molecule has 3 rings (SSSR count). The van der Waals surface area contributed by atoms with Crippen molar-refractivity contribution in [3.8, 4) is 5.75 Å². The molecular weight excluding hydrogens is 431 g/mol. The SMILES string of the molecule is COc1c(S(=O)ONCc2ccc(Cl)cc2)cc(Cl)c2ccc(C(C)(C)C)nc12. The summed E-state index contributed by atoms with van der Waals surface area (Å²) < 4.78 is 23.7. The van der Waals surface area contributed by atoms with Crippen LogP contribution in [0.25, 0.3) is 10.9 Å². The first kappa shape index (κ1) is 22.0. The number of pyridine rings is 1. The molecule has 1 heterocycles. The molecule has 0 bridgehead atoms. The fourth-order valence-electron chi connectivity index (χ4n) is 2.75. The van der Waals surface area contributed by atoms with Crippen molar-refractivity contribution in [2.45, 2.75) is 37.6 Å². The van der Waals surface area contributed by atoms with Gasteiger partial charge in [-0.25, -0.2) is 9.19 Å². The number of fused-ring (bicyclic) bond motifs is 1. The van der Waals surface area contributed by atoms with E-state index >= 15 is 0 Å². The van der Waals surface area contributed by atoms with Gasteiger partial charge in [-0.15, -0.1) is 0 Å². The number of hydroxylamine groups is 1. The molecule has 0 amide bonds. The highest BCUT2D eigenvalue weighted by Crippen LogP contribution is 2.37. The first-order valence-corrected chi connectivity index (χ1v) is 10.8. The van der Waals surface area contributed by atoms with Crippen molar-refractivity contribution >= 4 is 45.2 Å². The van der Waals surface area contributed by atoms with Crippen molar-refractivity contribution in [3.05, 3.63) is 63.8 Å². The minimum absolute atomic E-state index is 0.155. The van der Waals surface area contributed by atoms with Gasteiger partial charge in [-0.05, 0) is 35.9 Å². The highest BCUT2D eigenvalue weighted by Gasteiger charge is 2.22. The Morgan fingerprint density at radius 1 is 1.10 bits per heavy atom. The number of aromatic nitrogens is 1. The highest BCUT2D eigenvalue weighted by atomic mass is 35.5. The second-order valence-corrected chi connectivity index (χ2v) is 9.42. The van der Waals surface area contributed by atoms with Crippen molar-refractivity contribution in [1.29, 1.82) is 0 Å². The standard InChI is InChI=1S/C21H22Cl2N2O3S/c1-21(2,3)18-10-9-15-16(23)11-17(20(27-4)19(15)25-18)29(26)28-24-12-13-5-7-14(22)8-6-13/h5-11,24H,12H2,1-4H3. The van der Waals surface area contributed by atoms with E-state index in [1.54, 1.807) is 18.2 Å². The number of nitrogens with zero attached hydrogens (tertiary/aromatic N) is 1. The van der Waals surface area contributed by atoms with Crippen molar-refractivity contribution in [1.82, 2.24) is 10.5 Å². The van der Waals surface area contributed by atoms with Crippen molar-refractivity contribution < 1.29 is 13.2 Å². The van der Waals surface area contributed by atoms with Crippen molar-refractivity contribution in [2.75, 3.05) is 7.11 Å². The van der Waals surface area contributed by atoms with E-state index in [1.165, 1.54) is 7.11 Å². The van der Waals surface area contributed by atoms with E-state index < -0.39 is 11.1 Å². The van der Waals surface area contributed by atoms with E-state index in [9.17, 15) is 4.21 Å². The van der Waals surface area contributed by atoms with Gasteiger partial charge >= 0.3 is 0 Å². The lowest BCUT2D eigenvalue weighted by Crippen LogP contribution is -2.17. The van der Waals surface area contributed by atoms with Crippen LogP contribution in [0.4, 0.5) is 0 Å². The normalized spacial score (nSPS) is 12.9. The van der Waals surface area contributed by atoms with Gasteiger partial charge in [0.15, 0.2) is 5.75 Å². The van der Waals surface area contributed by atoms with Gasteiger partial charge in [0.2, 0.25) is 11.1 Å². The number of nitrogens with one attached hydrogen (secondary N) is 1. The van der Waals surface area contributed by atoms with Crippen LogP contribution in [0.3, 0.4) is 0 Å². The molecule has 0 saturated heterocycles. The summed E-state index contributed by atoms with van der Waals surface area (Å²) in [5, 5.41) is 1.81. The van der Waals surface area contributed by atoms with Crippen LogP contribution in [0.2, 0.25) is 10.0 Å². The van der Waals surface area contributed by atoms with Crippen LogP contribution in [0.15, 0.2) is 47.4 Å². The highest BCUT2D eigenvalue weighted by molar-refractivity contribution is 7.80. The van der Waals surface area contributed by atoms with Gasteiger partial charge < -0.3 is 4.74 Å². The van der Waals surface area contributed by atoms with E-state index in [0.29, 0.717) is 32.8 Å². The molecule has 154 valence electrons. The molecule has 0 aliphatic heterocycles. The summed E-state index contributed by atoms with van der Waals surface area (Å²) in [4.78, 5) is 5.04. The number of hydrogen-bond acceptors (Lipinski definition) is 5. The Balaban J connectivity index is 1.89. The zero-order valence-electron chi connectivity index (χ0n) is 16.6. The Morgan fingerprint density at radius 2 is 1.79 bits per heavy atom. The fourth-order valence-corrected chi connectivity index (χ4v) is 4.01. The molecule has 0 aliphatic rings. The zero-order chi connectivity index (χ0) is 21.2. The lowest BCUT2D eigenvalue weighted by molar-refractivity contribution is 0.215. The number of hydrogen-bond donors (Lipinski definition) is 1. The van der Waals surface area contributed by atoms with Crippen LogP contribution in [-0.4, -0.2) is 16.3 Å². The average molecular weight is 453 g/mol. The molecule has 0 fully saturated rings. The van der Waals surface area contributed by atoms with Crippen LogP contribution in [0.5, 0.6) is 5.75 Å². The third-order valence-corrected chi connectivity index (χ3v) is 5.82. The molecule has 1 aromatic heterocycles. The topological polar surface area (TPSA) is 60.5 Å². The maximum absolute atomic E-state index is 12.8. The maximum Gasteiger partial charge on any atom is 0.210 e. The Bertz CT molecular complexity index is 1050. The first-order chi connectivity index (χ1) is 13.7. The maximum atomic E-state index is 12.8. The lowest BCUT2D eigenvalue weighted by Gasteiger charge is -2.19. The number of benzene rings is 2.